The molecule has 0 unspecified atom stereocenters. The van der Waals surface area contributed by atoms with Crippen LogP contribution >= 0.6 is 11.8 Å². The number of nitrogens with two attached hydrogens (primary N) is 1. The van der Waals surface area contributed by atoms with Crippen LogP contribution in [-0.2, 0) is 4.94 Å². The number of hydrazine groups is 1. The zero-order chi connectivity index (χ0) is 17.8. The lowest BCUT2D eigenvalue weighted by Crippen LogP contribution is -2.37. The number of halogens is 1. The zero-order valence-corrected chi connectivity index (χ0v) is 14.3. The van der Waals surface area contributed by atoms with E-state index in [1.807, 2.05) is 18.0 Å². The van der Waals surface area contributed by atoms with Crippen molar-refractivity contribution in [3.05, 3.63) is 40.9 Å². The van der Waals surface area contributed by atoms with Crippen molar-refractivity contribution in [1.29, 1.82) is 5.26 Å². The van der Waals surface area contributed by atoms with Gasteiger partial charge in [-0.3, -0.25) is 4.94 Å². The summed E-state index contributed by atoms with van der Waals surface area (Å²) >= 11 is 1.01. The van der Waals surface area contributed by atoms with E-state index in [1.54, 1.807) is 0 Å². The van der Waals surface area contributed by atoms with Gasteiger partial charge < -0.3 is 10.5 Å². The van der Waals surface area contributed by atoms with E-state index < -0.39 is 5.82 Å². The van der Waals surface area contributed by atoms with Gasteiger partial charge in [0.25, 0.3) is 0 Å². The monoisotopic (exact) mass is 353 g/mol. The lowest BCUT2D eigenvalue weighted by molar-refractivity contribution is -0.0789. The highest BCUT2D eigenvalue weighted by molar-refractivity contribution is 8.15. The smallest absolute Gasteiger partial charge is 0.182 e. The normalized spacial score (nSPS) is 11.7. The molecule has 7 nitrogen and oxygen atoms in total. The SMILES string of the molecule is CCCN(CC)NO/N=C/S/C(=C\N)Oc1ccc(C#N)cc1F. The Hall–Kier alpha value is -2.28. The first kappa shape index (κ1) is 19.8. The van der Waals surface area contributed by atoms with Gasteiger partial charge in [0.2, 0.25) is 0 Å². The summed E-state index contributed by atoms with van der Waals surface area (Å²) in [5, 5.41) is 14.5. The molecule has 0 atom stereocenters. The molecule has 0 aromatic heterocycles. The number of oxime groups is 1. The fourth-order valence-electron chi connectivity index (χ4n) is 1.57. The zero-order valence-electron chi connectivity index (χ0n) is 13.5. The van der Waals surface area contributed by atoms with Crippen molar-refractivity contribution in [1.82, 2.24) is 10.6 Å². The Morgan fingerprint density at radius 3 is 2.92 bits per heavy atom. The third kappa shape index (κ3) is 6.87. The van der Waals surface area contributed by atoms with E-state index in [0.717, 1.165) is 37.3 Å². The van der Waals surface area contributed by atoms with Gasteiger partial charge in [0, 0.05) is 19.3 Å². The molecule has 0 aliphatic carbocycles. The predicted octanol–water partition coefficient (Wildman–Crippen LogP) is 2.68. The molecule has 0 heterocycles. The quantitative estimate of drug-likeness (QED) is 0.289. The second-order valence-electron chi connectivity index (χ2n) is 4.44. The topological polar surface area (TPSA) is 95.9 Å². The summed E-state index contributed by atoms with van der Waals surface area (Å²) in [5.41, 5.74) is 9.68. The molecule has 1 rings (SSSR count). The van der Waals surface area contributed by atoms with Crippen molar-refractivity contribution >= 4 is 17.3 Å². The molecule has 0 saturated heterocycles. The summed E-state index contributed by atoms with van der Waals surface area (Å²) in [7, 11) is 0. The number of benzene rings is 1. The molecule has 0 aliphatic rings. The summed E-state index contributed by atoms with van der Waals surface area (Å²) in [5.74, 6) is -0.687. The predicted molar refractivity (Wildman–Crippen MR) is 91.9 cm³/mol. The minimum absolute atomic E-state index is 0.0363. The Labute approximate surface area is 144 Å². The fraction of sp³-hybridized carbons (Fsp3) is 0.333. The van der Waals surface area contributed by atoms with Gasteiger partial charge in [-0.1, -0.05) is 24.6 Å². The van der Waals surface area contributed by atoms with Gasteiger partial charge in [0.05, 0.1) is 11.6 Å². The molecular weight excluding hydrogens is 333 g/mol. The van der Waals surface area contributed by atoms with Crippen LogP contribution < -0.4 is 16.1 Å². The first-order valence-corrected chi connectivity index (χ1v) is 8.17. The van der Waals surface area contributed by atoms with Gasteiger partial charge in [-0.25, -0.2) is 9.40 Å². The maximum atomic E-state index is 13.7. The molecule has 1 aromatic rings. The van der Waals surface area contributed by atoms with E-state index in [0.29, 0.717) is 0 Å². The Morgan fingerprint density at radius 2 is 2.33 bits per heavy atom. The van der Waals surface area contributed by atoms with E-state index in [9.17, 15) is 4.39 Å². The van der Waals surface area contributed by atoms with Gasteiger partial charge in [-0.15, -0.1) is 0 Å². The number of hydrogen-bond donors (Lipinski definition) is 2. The first-order chi connectivity index (χ1) is 11.6. The highest BCUT2D eigenvalue weighted by Gasteiger charge is 2.08. The molecule has 0 radical (unpaired) electrons. The molecule has 0 fully saturated rings. The van der Waals surface area contributed by atoms with Crippen molar-refractivity contribution in [3.63, 3.8) is 0 Å². The number of nitriles is 1. The molecule has 1 aromatic carbocycles. The van der Waals surface area contributed by atoms with E-state index in [-0.39, 0.29) is 16.4 Å². The van der Waals surface area contributed by atoms with Crippen LogP contribution in [0.1, 0.15) is 25.8 Å². The van der Waals surface area contributed by atoms with Gasteiger partial charge in [0.15, 0.2) is 16.7 Å². The van der Waals surface area contributed by atoms with E-state index in [1.165, 1.54) is 23.9 Å². The van der Waals surface area contributed by atoms with Crippen LogP contribution in [-0.4, -0.2) is 23.6 Å². The average molecular weight is 353 g/mol. The molecule has 24 heavy (non-hydrogen) atoms. The second kappa shape index (κ2) is 11.3. The largest absolute Gasteiger partial charge is 0.446 e. The molecule has 0 bridgehead atoms. The first-order valence-electron chi connectivity index (χ1n) is 7.29. The van der Waals surface area contributed by atoms with Crippen molar-refractivity contribution in [2.24, 2.45) is 10.9 Å². The molecular formula is C15H20FN5O2S. The highest BCUT2D eigenvalue weighted by Crippen LogP contribution is 2.23. The van der Waals surface area contributed by atoms with E-state index in [2.05, 4.69) is 17.7 Å². The summed E-state index contributed by atoms with van der Waals surface area (Å²) in [6.45, 7) is 5.64. The van der Waals surface area contributed by atoms with E-state index >= 15 is 0 Å². The molecule has 0 saturated carbocycles. The molecule has 130 valence electrons. The number of hydrogen-bond acceptors (Lipinski definition) is 8. The van der Waals surface area contributed by atoms with Crippen molar-refractivity contribution in [2.45, 2.75) is 20.3 Å². The van der Waals surface area contributed by atoms with Crippen LogP contribution in [0.5, 0.6) is 5.75 Å². The second-order valence-corrected chi connectivity index (χ2v) is 5.28. The van der Waals surface area contributed by atoms with Gasteiger partial charge in [-0.2, -0.15) is 5.26 Å². The minimum atomic E-state index is -0.651. The number of thioether (sulfide) groups is 1. The Kier molecular flexibility index (Phi) is 9.29. The van der Waals surface area contributed by atoms with Crippen molar-refractivity contribution in [3.8, 4) is 11.8 Å². The van der Waals surface area contributed by atoms with Crippen LogP contribution in [0, 0.1) is 17.1 Å². The van der Waals surface area contributed by atoms with Crippen LogP contribution in [0.15, 0.2) is 34.6 Å². The van der Waals surface area contributed by atoms with Crippen LogP contribution in [0.4, 0.5) is 4.39 Å². The summed E-state index contributed by atoms with van der Waals surface area (Å²) in [6.07, 6.45) is 2.16. The number of nitrogens with zero attached hydrogens (tertiary/aromatic N) is 3. The summed E-state index contributed by atoms with van der Waals surface area (Å²) in [6, 6.07) is 5.74. The highest BCUT2D eigenvalue weighted by atomic mass is 32.2. The van der Waals surface area contributed by atoms with Crippen LogP contribution in [0.3, 0.4) is 0 Å². The molecule has 9 heteroatoms. The minimum Gasteiger partial charge on any atom is -0.446 e. The maximum Gasteiger partial charge on any atom is 0.182 e. The molecule has 0 spiro atoms. The lowest BCUT2D eigenvalue weighted by Gasteiger charge is -2.17. The number of rotatable bonds is 10. The van der Waals surface area contributed by atoms with Crippen LogP contribution in [0.25, 0.3) is 0 Å². The third-order valence-electron chi connectivity index (χ3n) is 2.72. The standard InChI is InChI=1S/C15H20FN5O2S/c1-3-7-21(4-2)20-23-19-11-24-15(10-18)22-14-6-5-12(9-17)8-13(14)16/h5-6,8,10-11,20H,3-4,7,18H2,1-2H3/b15-10-,19-11+. The summed E-state index contributed by atoms with van der Waals surface area (Å²) in [4.78, 5) is 4.93. The van der Waals surface area contributed by atoms with Crippen molar-refractivity contribution < 1.29 is 14.1 Å². The fourth-order valence-corrected chi connectivity index (χ4v) is 1.98. The molecule has 0 amide bonds. The van der Waals surface area contributed by atoms with Gasteiger partial charge in [-0.05, 0) is 36.4 Å². The molecule has 0 aliphatic heterocycles. The Bertz CT molecular complexity index is 618. The number of nitrogens with one attached hydrogen (secondary N) is 1. The van der Waals surface area contributed by atoms with Crippen molar-refractivity contribution in [2.75, 3.05) is 13.1 Å². The third-order valence-corrected chi connectivity index (χ3v) is 3.36. The Balaban J connectivity index is 2.48. The van der Waals surface area contributed by atoms with Gasteiger partial charge in [0.1, 0.15) is 5.55 Å². The maximum absolute atomic E-state index is 13.7. The van der Waals surface area contributed by atoms with E-state index in [4.69, 9.17) is 20.7 Å². The number of ether oxygens (including phenoxy) is 1. The summed E-state index contributed by atoms with van der Waals surface area (Å²) < 4.78 is 19.1. The average Bonchev–Trinajstić information content (AvgIpc) is 2.60. The lowest BCUT2D eigenvalue weighted by atomic mass is 10.2. The van der Waals surface area contributed by atoms with Gasteiger partial charge >= 0.3 is 0 Å². The Morgan fingerprint density at radius 1 is 1.54 bits per heavy atom. The molecule has 3 N–H and O–H groups in total. The van der Waals surface area contributed by atoms with Crippen LogP contribution in [0.2, 0.25) is 0 Å².